The Morgan fingerprint density at radius 3 is 2.24 bits per heavy atom. The number of hydrogen-bond donors (Lipinski definition) is 1. The lowest BCUT2D eigenvalue weighted by atomic mass is 9.87. The molecule has 0 amide bonds. The molecule has 2 aliphatic rings. The minimum Gasteiger partial charge on any atom is -0.493 e. The van der Waals surface area contributed by atoms with Gasteiger partial charge in [0.2, 0.25) is 0 Å². The van der Waals surface area contributed by atoms with Crippen molar-refractivity contribution in [1.82, 2.24) is 14.8 Å². The molecule has 218 valence electrons. The zero-order valence-corrected chi connectivity index (χ0v) is 22.9. The Kier molecular flexibility index (Phi) is 7.75. The molecule has 2 saturated heterocycles. The van der Waals surface area contributed by atoms with E-state index < -0.39 is 23.2 Å². The predicted octanol–water partition coefficient (Wildman–Crippen LogP) is 4.59. The first-order valence-electron chi connectivity index (χ1n) is 13.9. The van der Waals surface area contributed by atoms with Gasteiger partial charge >= 0.3 is 5.97 Å². The molecule has 0 saturated carbocycles. The summed E-state index contributed by atoms with van der Waals surface area (Å²) >= 11 is 0. The third-order valence-electron chi connectivity index (χ3n) is 7.97. The highest BCUT2D eigenvalue weighted by molar-refractivity contribution is 5.88. The molecular formula is C31H31F2N5O4. The van der Waals surface area contributed by atoms with Gasteiger partial charge in [0.05, 0.1) is 25.3 Å². The van der Waals surface area contributed by atoms with E-state index in [2.05, 4.69) is 19.9 Å². The second-order valence-corrected chi connectivity index (χ2v) is 10.7. The zero-order chi connectivity index (χ0) is 29.1. The fourth-order valence-electron chi connectivity index (χ4n) is 5.79. The van der Waals surface area contributed by atoms with Crippen LogP contribution in [0, 0.1) is 17.6 Å². The molecule has 0 bridgehead atoms. The van der Waals surface area contributed by atoms with Gasteiger partial charge in [-0.15, -0.1) is 0 Å². The number of aromatic nitrogens is 3. The average Bonchev–Trinajstić information content (AvgIpc) is 3.67. The molecule has 0 spiro atoms. The predicted molar refractivity (Wildman–Crippen MR) is 152 cm³/mol. The van der Waals surface area contributed by atoms with Crippen molar-refractivity contribution in [3.8, 4) is 5.75 Å². The number of carbonyl (C=O) groups is 1. The Balaban J connectivity index is 1.04. The van der Waals surface area contributed by atoms with Crippen molar-refractivity contribution < 1.29 is 28.2 Å². The molecule has 3 heterocycles. The van der Waals surface area contributed by atoms with E-state index in [1.54, 1.807) is 23.1 Å². The van der Waals surface area contributed by atoms with E-state index in [0.717, 1.165) is 49.4 Å². The monoisotopic (exact) mass is 575 g/mol. The number of carboxylic acid groups (broad SMARTS) is 1. The van der Waals surface area contributed by atoms with E-state index in [0.29, 0.717) is 25.2 Å². The van der Waals surface area contributed by atoms with Crippen LogP contribution < -0.4 is 14.5 Å². The molecule has 1 aromatic heterocycles. The Morgan fingerprint density at radius 1 is 0.976 bits per heavy atom. The van der Waals surface area contributed by atoms with Crippen LogP contribution in [0.1, 0.15) is 22.3 Å². The Morgan fingerprint density at radius 2 is 1.64 bits per heavy atom. The normalized spacial score (nSPS) is 20.6. The summed E-state index contributed by atoms with van der Waals surface area (Å²) in [5, 5.41) is 13.3. The summed E-state index contributed by atoms with van der Waals surface area (Å²) in [6.45, 7) is 4.35. The van der Waals surface area contributed by atoms with E-state index in [1.807, 2.05) is 36.4 Å². The summed E-state index contributed by atoms with van der Waals surface area (Å²) in [6, 6.07) is 18.5. The van der Waals surface area contributed by atoms with Crippen LogP contribution in [-0.4, -0.2) is 65.2 Å². The molecule has 9 nitrogen and oxygen atoms in total. The molecule has 2 atom stereocenters. The molecule has 6 rings (SSSR count). The third-order valence-corrected chi connectivity index (χ3v) is 7.97. The molecule has 3 aromatic carbocycles. The van der Waals surface area contributed by atoms with E-state index >= 15 is 0 Å². The van der Waals surface area contributed by atoms with Crippen molar-refractivity contribution >= 4 is 17.3 Å². The lowest BCUT2D eigenvalue weighted by Crippen LogP contribution is -2.46. The number of rotatable bonds is 9. The minimum atomic E-state index is -1.01. The Hall–Kier alpha value is -4.51. The Bertz CT molecular complexity index is 1510. The zero-order valence-electron chi connectivity index (χ0n) is 22.9. The number of benzene rings is 3. The maximum absolute atomic E-state index is 14.9. The highest BCUT2D eigenvalue weighted by atomic mass is 19.1. The summed E-state index contributed by atoms with van der Waals surface area (Å²) in [5.74, 6) is -1.48. The van der Waals surface area contributed by atoms with Crippen molar-refractivity contribution in [2.45, 2.75) is 18.6 Å². The van der Waals surface area contributed by atoms with Crippen molar-refractivity contribution in [3.05, 3.63) is 102 Å². The number of carboxylic acids is 1. The van der Waals surface area contributed by atoms with Crippen LogP contribution in [0.4, 0.5) is 20.2 Å². The highest BCUT2D eigenvalue weighted by Crippen LogP contribution is 2.42. The first kappa shape index (κ1) is 27.6. The molecule has 0 radical (unpaired) electrons. The van der Waals surface area contributed by atoms with Crippen LogP contribution in [0.3, 0.4) is 0 Å². The molecule has 4 aromatic rings. The topological polar surface area (TPSA) is 93.0 Å². The van der Waals surface area contributed by atoms with Gasteiger partial charge in [-0.2, -0.15) is 5.10 Å². The molecule has 11 heteroatoms. The molecule has 2 aliphatic heterocycles. The quantitative estimate of drug-likeness (QED) is 0.310. The largest absolute Gasteiger partial charge is 0.493 e. The average molecular weight is 576 g/mol. The van der Waals surface area contributed by atoms with Gasteiger partial charge < -0.3 is 24.4 Å². The van der Waals surface area contributed by atoms with Crippen molar-refractivity contribution in [1.29, 1.82) is 0 Å². The highest BCUT2D eigenvalue weighted by Gasteiger charge is 2.44. The summed E-state index contributed by atoms with van der Waals surface area (Å²) in [5.41, 5.74) is 1.69. The number of nitrogens with zero attached hydrogens (tertiary/aromatic N) is 5. The summed E-state index contributed by atoms with van der Waals surface area (Å²) in [6.07, 6.45) is 3.45. The van der Waals surface area contributed by atoms with Gasteiger partial charge in [-0.25, -0.2) is 23.2 Å². The maximum atomic E-state index is 14.9. The lowest BCUT2D eigenvalue weighted by molar-refractivity contribution is -0.0206. The van der Waals surface area contributed by atoms with Crippen LogP contribution in [0.25, 0.3) is 0 Å². The van der Waals surface area contributed by atoms with Gasteiger partial charge in [0, 0.05) is 55.1 Å². The van der Waals surface area contributed by atoms with E-state index in [4.69, 9.17) is 14.6 Å². The summed E-state index contributed by atoms with van der Waals surface area (Å²) < 4.78 is 42.4. The van der Waals surface area contributed by atoms with Crippen LogP contribution in [-0.2, 0) is 16.9 Å². The SMILES string of the molecule is O=C(O)c1ccc(N2CCN(c3ccc(OCC4CO[C@@](Cn5cncn5)(c5ccc(F)cc5F)C4)cc3)CC2)cc1. The van der Waals surface area contributed by atoms with Gasteiger partial charge in [0.15, 0.2) is 0 Å². The molecular weight excluding hydrogens is 544 g/mol. The molecule has 42 heavy (non-hydrogen) atoms. The number of aromatic carboxylic acids is 1. The van der Waals surface area contributed by atoms with Crippen LogP contribution >= 0.6 is 0 Å². The van der Waals surface area contributed by atoms with Gasteiger partial charge in [0.1, 0.15) is 35.6 Å². The standard InChI is InChI=1S/C31H31F2N5O4/c32-24-3-10-28(29(33)15-24)31(19-38-21-34-20-35-38)16-22(18-42-31)17-41-27-8-6-26(7-9-27)37-13-11-36(12-14-37)25-4-1-23(2-5-25)30(39)40/h1-10,15,20-22H,11-14,16-19H2,(H,39,40)/t22?,31-/m0/s1. The molecule has 1 unspecified atom stereocenters. The van der Waals surface area contributed by atoms with E-state index in [9.17, 15) is 13.6 Å². The molecule has 0 aliphatic carbocycles. The van der Waals surface area contributed by atoms with Crippen LogP contribution in [0.2, 0.25) is 0 Å². The van der Waals surface area contributed by atoms with Gasteiger partial charge in [-0.05, 0) is 61.0 Å². The van der Waals surface area contributed by atoms with Gasteiger partial charge in [0.25, 0.3) is 0 Å². The maximum Gasteiger partial charge on any atom is 0.335 e. The number of anilines is 2. The lowest BCUT2D eigenvalue weighted by Gasteiger charge is -2.37. The van der Waals surface area contributed by atoms with E-state index in [-0.39, 0.29) is 18.0 Å². The minimum absolute atomic E-state index is 0.00436. The first-order chi connectivity index (χ1) is 20.4. The van der Waals surface area contributed by atoms with Crippen molar-refractivity contribution in [2.75, 3.05) is 49.2 Å². The van der Waals surface area contributed by atoms with Gasteiger partial charge in [-0.1, -0.05) is 6.07 Å². The smallest absolute Gasteiger partial charge is 0.335 e. The number of halogens is 2. The van der Waals surface area contributed by atoms with Crippen molar-refractivity contribution in [2.24, 2.45) is 5.92 Å². The number of piperazine rings is 1. The summed E-state index contributed by atoms with van der Waals surface area (Å²) in [4.78, 5) is 19.7. The fraction of sp³-hybridized carbons (Fsp3) is 0.323. The second kappa shape index (κ2) is 11.8. The number of ether oxygens (including phenoxy) is 2. The van der Waals surface area contributed by atoms with E-state index in [1.165, 1.54) is 18.5 Å². The van der Waals surface area contributed by atoms with Crippen molar-refractivity contribution in [3.63, 3.8) is 0 Å². The second-order valence-electron chi connectivity index (χ2n) is 10.7. The first-order valence-corrected chi connectivity index (χ1v) is 13.9. The Labute approximate surface area is 241 Å². The van der Waals surface area contributed by atoms with Crippen LogP contribution in [0.15, 0.2) is 79.4 Å². The summed E-state index contributed by atoms with van der Waals surface area (Å²) in [7, 11) is 0. The third kappa shape index (κ3) is 5.91. The van der Waals surface area contributed by atoms with Gasteiger partial charge in [-0.3, -0.25) is 0 Å². The number of hydrogen-bond acceptors (Lipinski definition) is 7. The molecule has 2 fully saturated rings. The fourth-order valence-corrected chi connectivity index (χ4v) is 5.79. The molecule has 1 N–H and O–H groups in total. The van der Waals surface area contributed by atoms with Crippen LogP contribution in [0.5, 0.6) is 5.75 Å².